The summed E-state index contributed by atoms with van der Waals surface area (Å²) in [5, 5.41) is 17.1. The molecular formula is C17H29N3O3. The molecule has 23 heavy (non-hydrogen) atoms. The van der Waals surface area contributed by atoms with E-state index in [2.05, 4.69) is 10.4 Å². The standard InChI is InChI=1S/C17H29N3O3/c1-16(2,3)23-15(22)18-11-17(12-21,13-5-6-13)9-7-14-8-10-19-20(14)4/h8,10,13,21H,5-7,9,11-12H2,1-4H3,(H,18,22). The summed E-state index contributed by atoms with van der Waals surface area (Å²) in [4.78, 5) is 11.9. The smallest absolute Gasteiger partial charge is 0.407 e. The summed E-state index contributed by atoms with van der Waals surface area (Å²) in [6.45, 7) is 6.05. The van der Waals surface area contributed by atoms with Gasteiger partial charge in [-0.2, -0.15) is 5.10 Å². The maximum absolute atomic E-state index is 11.9. The van der Waals surface area contributed by atoms with Crippen molar-refractivity contribution in [2.75, 3.05) is 13.2 Å². The zero-order valence-electron chi connectivity index (χ0n) is 14.6. The fraction of sp³-hybridized carbons (Fsp3) is 0.765. The van der Waals surface area contributed by atoms with Crippen molar-refractivity contribution in [1.29, 1.82) is 0 Å². The minimum atomic E-state index is -0.514. The number of hydrogen-bond donors (Lipinski definition) is 2. The largest absolute Gasteiger partial charge is 0.444 e. The van der Waals surface area contributed by atoms with Crippen LogP contribution in [0.25, 0.3) is 0 Å². The van der Waals surface area contributed by atoms with E-state index in [1.807, 2.05) is 38.6 Å². The molecule has 130 valence electrons. The van der Waals surface area contributed by atoms with E-state index in [-0.39, 0.29) is 12.0 Å². The van der Waals surface area contributed by atoms with E-state index in [0.717, 1.165) is 31.4 Å². The van der Waals surface area contributed by atoms with Crippen molar-refractivity contribution in [3.8, 4) is 0 Å². The molecule has 1 aromatic heterocycles. The summed E-state index contributed by atoms with van der Waals surface area (Å²) < 4.78 is 7.16. The number of nitrogens with one attached hydrogen (secondary N) is 1. The summed E-state index contributed by atoms with van der Waals surface area (Å²) >= 11 is 0. The third kappa shape index (κ3) is 4.96. The van der Waals surface area contributed by atoms with Crippen LogP contribution in [0.15, 0.2) is 12.3 Å². The van der Waals surface area contributed by atoms with Crippen molar-refractivity contribution in [3.05, 3.63) is 18.0 Å². The molecule has 6 heteroatoms. The molecule has 0 aliphatic heterocycles. The highest BCUT2D eigenvalue weighted by atomic mass is 16.6. The summed E-state index contributed by atoms with van der Waals surface area (Å²) in [6.07, 6.45) is 5.25. The second kappa shape index (κ2) is 6.91. The number of alkyl carbamates (subject to hydrolysis) is 1. The van der Waals surface area contributed by atoms with Crippen LogP contribution >= 0.6 is 0 Å². The van der Waals surface area contributed by atoms with Crippen molar-refractivity contribution in [1.82, 2.24) is 15.1 Å². The van der Waals surface area contributed by atoms with Crippen LogP contribution in [0.1, 0.15) is 45.7 Å². The van der Waals surface area contributed by atoms with Crippen molar-refractivity contribution < 1.29 is 14.6 Å². The van der Waals surface area contributed by atoms with Gasteiger partial charge in [0.1, 0.15) is 5.60 Å². The first kappa shape index (κ1) is 17.8. The van der Waals surface area contributed by atoms with Crippen molar-refractivity contribution in [3.63, 3.8) is 0 Å². The lowest BCUT2D eigenvalue weighted by Crippen LogP contribution is -2.44. The summed E-state index contributed by atoms with van der Waals surface area (Å²) in [5.74, 6) is 0.468. The molecule has 1 atom stereocenters. The second-order valence-electron chi connectivity index (χ2n) is 7.60. The fourth-order valence-electron chi connectivity index (χ4n) is 2.98. The van der Waals surface area contributed by atoms with E-state index in [9.17, 15) is 9.90 Å². The lowest BCUT2D eigenvalue weighted by molar-refractivity contribution is 0.0425. The lowest BCUT2D eigenvalue weighted by atomic mass is 9.78. The summed E-state index contributed by atoms with van der Waals surface area (Å²) in [6, 6.07) is 2.00. The maximum Gasteiger partial charge on any atom is 0.407 e. The minimum absolute atomic E-state index is 0.0747. The Morgan fingerprint density at radius 2 is 2.17 bits per heavy atom. The quantitative estimate of drug-likeness (QED) is 0.807. The van der Waals surface area contributed by atoms with E-state index in [4.69, 9.17) is 4.74 Å². The van der Waals surface area contributed by atoms with Gasteiger partial charge in [0.25, 0.3) is 0 Å². The number of rotatable bonds is 7. The molecule has 1 heterocycles. The number of nitrogens with zero attached hydrogens (tertiary/aromatic N) is 2. The average molecular weight is 323 g/mol. The second-order valence-corrected chi connectivity index (χ2v) is 7.60. The molecule has 2 N–H and O–H groups in total. The molecule has 1 aliphatic carbocycles. The van der Waals surface area contributed by atoms with Crippen LogP contribution in [0, 0.1) is 11.3 Å². The van der Waals surface area contributed by atoms with Crippen molar-refractivity contribution >= 4 is 6.09 Å². The zero-order valence-corrected chi connectivity index (χ0v) is 14.6. The van der Waals surface area contributed by atoms with Gasteiger partial charge < -0.3 is 15.2 Å². The first-order valence-electron chi connectivity index (χ1n) is 8.30. The highest BCUT2D eigenvalue weighted by Crippen LogP contribution is 2.47. The molecule has 0 radical (unpaired) electrons. The molecule has 0 saturated heterocycles. The van der Waals surface area contributed by atoms with E-state index < -0.39 is 11.7 Å². The van der Waals surface area contributed by atoms with E-state index in [0.29, 0.717) is 12.5 Å². The normalized spacial score (nSPS) is 17.6. The summed E-state index contributed by atoms with van der Waals surface area (Å²) in [5.41, 5.74) is 0.349. The van der Waals surface area contributed by atoms with Crippen LogP contribution in [-0.4, -0.2) is 39.7 Å². The molecule has 1 amide bonds. The average Bonchev–Trinajstić information content (AvgIpc) is 3.22. The summed E-state index contributed by atoms with van der Waals surface area (Å²) in [7, 11) is 1.92. The highest BCUT2D eigenvalue weighted by Gasteiger charge is 2.44. The van der Waals surface area contributed by atoms with Crippen molar-refractivity contribution in [2.24, 2.45) is 18.4 Å². The Hall–Kier alpha value is -1.56. The van der Waals surface area contributed by atoms with Crippen LogP contribution < -0.4 is 5.32 Å². The van der Waals surface area contributed by atoms with Gasteiger partial charge in [-0.15, -0.1) is 0 Å². The van der Waals surface area contributed by atoms with Crippen LogP contribution in [-0.2, 0) is 18.2 Å². The molecule has 1 aromatic rings. The van der Waals surface area contributed by atoms with Gasteiger partial charge in [0, 0.05) is 30.9 Å². The van der Waals surface area contributed by atoms with Crippen LogP contribution in [0.5, 0.6) is 0 Å². The SMILES string of the molecule is Cn1nccc1CCC(CO)(CNC(=O)OC(C)(C)C)C1CC1. The molecule has 1 aliphatic rings. The van der Waals surface area contributed by atoms with Gasteiger partial charge in [0.05, 0.1) is 6.61 Å². The highest BCUT2D eigenvalue weighted by molar-refractivity contribution is 5.67. The van der Waals surface area contributed by atoms with Crippen LogP contribution in [0.2, 0.25) is 0 Å². The Labute approximate surface area is 138 Å². The van der Waals surface area contributed by atoms with Gasteiger partial charge in [0.15, 0.2) is 0 Å². The van der Waals surface area contributed by atoms with Gasteiger partial charge >= 0.3 is 6.09 Å². The number of aryl methyl sites for hydroxylation is 2. The van der Waals surface area contributed by atoms with Gasteiger partial charge in [-0.25, -0.2) is 4.79 Å². The first-order valence-corrected chi connectivity index (χ1v) is 8.30. The molecule has 1 unspecified atom stereocenters. The van der Waals surface area contributed by atoms with E-state index >= 15 is 0 Å². The minimum Gasteiger partial charge on any atom is -0.444 e. The Bertz CT molecular complexity index is 531. The Morgan fingerprint density at radius 3 is 2.65 bits per heavy atom. The molecule has 0 bridgehead atoms. The predicted molar refractivity (Wildman–Crippen MR) is 88.0 cm³/mol. The van der Waals surface area contributed by atoms with Gasteiger partial charge in [-0.05, 0) is 58.4 Å². The Kier molecular flexibility index (Phi) is 5.34. The molecule has 6 nitrogen and oxygen atoms in total. The number of aromatic nitrogens is 2. The molecule has 1 fully saturated rings. The molecule has 0 spiro atoms. The van der Waals surface area contributed by atoms with Crippen LogP contribution in [0.4, 0.5) is 4.79 Å². The molecule has 0 aromatic carbocycles. The number of carbonyl (C=O) groups excluding carboxylic acids is 1. The third-order valence-electron chi connectivity index (χ3n) is 4.54. The Balaban J connectivity index is 1.96. The number of ether oxygens (including phenoxy) is 1. The van der Waals surface area contributed by atoms with Gasteiger partial charge in [-0.1, -0.05) is 0 Å². The maximum atomic E-state index is 11.9. The van der Waals surface area contributed by atoms with Crippen molar-refractivity contribution in [2.45, 2.75) is 52.1 Å². The lowest BCUT2D eigenvalue weighted by Gasteiger charge is -2.33. The monoisotopic (exact) mass is 323 g/mol. The molecular weight excluding hydrogens is 294 g/mol. The number of hydrogen-bond acceptors (Lipinski definition) is 4. The molecule has 1 saturated carbocycles. The first-order chi connectivity index (χ1) is 10.8. The molecule has 2 rings (SSSR count). The number of carbonyl (C=O) groups is 1. The van der Waals surface area contributed by atoms with E-state index in [1.54, 1.807) is 6.20 Å². The third-order valence-corrected chi connectivity index (χ3v) is 4.54. The number of amides is 1. The number of aliphatic hydroxyl groups excluding tert-OH is 1. The van der Waals surface area contributed by atoms with Gasteiger partial charge in [-0.3, -0.25) is 4.68 Å². The Morgan fingerprint density at radius 1 is 1.48 bits per heavy atom. The number of aliphatic hydroxyl groups is 1. The van der Waals surface area contributed by atoms with Crippen LogP contribution in [0.3, 0.4) is 0 Å². The predicted octanol–water partition coefficient (Wildman–Crippen LogP) is 2.27. The topological polar surface area (TPSA) is 76.4 Å². The van der Waals surface area contributed by atoms with Gasteiger partial charge in [0.2, 0.25) is 0 Å². The van der Waals surface area contributed by atoms with E-state index in [1.165, 1.54) is 0 Å². The zero-order chi connectivity index (χ0) is 17.1. The fourth-order valence-corrected chi connectivity index (χ4v) is 2.98.